The Morgan fingerprint density at radius 3 is 2.50 bits per heavy atom. The minimum absolute atomic E-state index is 0.160. The van der Waals surface area contributed by atoms with Gasteiger partial charge in [-0.15, -0.1) is 10.2 Å². The summed E-state index contributed by atoms with van der Waals surface area (Å²) in [4.78, 5) is 26.8. The second kappa shape index (κ2) is 9.17. The minimum Gasteiger partial charge on any atom is -0.444 e. The predicted molar refractivity (Wildman–Crippen MR) is 108 cm³/mol. The number of hydrogen-bond donors (Lipinski definition) is 1. The van der Waals surface area contributed by atoms with Crippen LogP contribution in [0.1, 0.15) is 44.4 Å². The molecule has 1 aromatic heterocycles. The van der Waals surface area contributed by atoms with E-state index < -0.39 is 35.2 Å². The van der Waals surface area contributed by atoms with E-state index in [9.17, 15) is 22.8 Å². The van der Waals surface area contributed by atoms with Crippen LogP contribution in [0.2, 0.25) is 0 Å². The van der Waals surface area contributed by atoms with Gasteiger partial charge in [-0.3, -0.25) is 4.79 Å². The van der Waals surface area contributed by atoms with E-state index in [0.29, 0.717) is 25.0 Å². The number of nitrogens with one attached hydrogen (secondary N) is 1. The molecule has 3 rings (SSSR count). The first-order valence-electron chi connectivity index (χ1n) is 10.2. The Labute approximate surface area is 183 Å². The number of fused-ring (bicyclic) bond motifs is 1. The lowest BCUT2D eigenvalue weighted by molar-refractivity contribution is -0.133. The third-order valence-electron chi connectivity index (χ3n) is 4.99. The van der Waals surface area contributed by atoms with Crippen LogP contribution < -0.4 is 5.32 Å². The van der Waals surface area contributed by atoms with Gasteiger partial charge < -0.3 is 19.5 Å². The van der Waals surface area contributed by atoms with Crippen molar-refractivity contribution in [3.63, 3.8) is 0 Å². The topological polar surface area (TPSA) is 89.4 Å². The van der Waals surface area contributed by atoms with Crippen LogP contribution in [0.3, 0.4) is 0 Å². The van der Waals surface area contributed by atoms with Crippen LogP contribution in [-0.2, 0) is 29.0 Å². The summed E-state index contributed by atoms with van der Waals surface area (Å²) >= 11 is 0. The first kappa shape index (κ1) is 23.6. The van der Waals surface area contributed by atoms with Crippen molar-refractivity contribution < 1.29 is 27.5 Å². The molecule has 0 unspecified atom stereocenters. The van der Waals surface area contributed by atoms with Crippen LogP contribution in [-0.4, -0.2) is 49.9 Å². The van der Waals surface area contributed by atoms with E-state index in [1.54, 1.807) is 25.7 Å². The molecule has 8 nitrogen and oxygen atoms in total. The molecular formula is C21H26F3N5O3. The summed E-state index contributed by atoms with van der Waals surface area (Å²) in [6.07, 6.45) is -1.21. The van der Waals surface area contributed by atoms with Crippen LogP contribution in [0.25, 0.3) is 0 Å². The number of amides is 2. The molecule has 2 aromatic rings. The zero-order chi connectivity index (χ0) is 23.6. The van der Waals surface area contributed by atoms with Gasteiger partial charge in [-0.25, -0.2) is 18.0 Å². The van der Waals surface area contributed by atoms with Gasteiger partial charge in [0.25, 0.3) is 0 Å². The van der Waals surface area contributed by atoms with Gasteiger partial charge in [-0.2, -0.15) is 0 Å². The van der Waals surface area contributed by atoms with E-state index >= 15 is 0 Å². The van der Waals surface area contributed by atoms with Crippen molar-refractivity contribution in [2.45, 2.75) is 65.3 Å². The maximum atomic E-state index is 14.2. The van der Waals surface area contributed by atoms with Crippen LogP contribution in [0.4, 0.5) is 18.0 Å². The highest BCUT2D eigenvalue weighted by Gasteiger charge is 2.28. The van der Waals surface area contributed by atoms with Crippen LogP contribution >= 0.6 is 0 Å². The molecule has 174 valence electrons. The number of aryl methyl sites for hydroxylation is 1. The first-order valence-corrected chi connectivity index (χ1v) is 10.2. The van der Waals surface area contributed by atoms with Gasteiger partial charge in [-0.05, 0) is 45.7 Å². The first-order chi connectivity index (χ1) is 14.9. The number of benzene rings is 1. The van der Waals surface area contributed by atoms with Crippen molar-refractivity contribution in [1.82, 2.24) is 25.0 Å². The molecular weight excluding hydrogens is 427 g/mol. The van der Waals surface area contributed by atoms with Gasteiger partial charge >= 0.3 is 6.09 Å². The Morgan fingerprint density at radius 2 is 1.81 bits per heavy atom. The van der Waals surface area contributed by atoms with Gasteiger partial charge in [0, 0.05) is 31.6 Å². The monoisotopic (exact) mass is 453 g/mol. The minimum atomic E-state index is -1.31. The normalized spacial score (nSPS) is 14.7. The van der Waals surface area contributed by atoms with E-state index in [2.05, 4.69) is 15.5 Å². The van der Waals surface area contributed by atoms with Gasteiger partial charge in [0.05, 0.1) is 6.54 Å². The summed E-state index contributed by atoms with van der Waals surface area (Å²) in [6.45, 7) is 8.05. The molecule has 1 aliphatic heterocycles. The molecule has 1 aromatic carbocycles. The zero-order valence-electron chi connectivity index (χ0n) is 18.4. The largest absolute Gasteiger partial charge is 0.444 e. The van der Waals surface area contributed by atoms with Crippen molar-refractivity contribution >= 4 is 12.0 Å². The quantitative estimate of drug-likeness (QED) is 0.704. The molecule has 0 bridgehead atoms. The number of halogens is 3. The second-order valence-corrected chi connectivity index (χ2v) is 8.74. The number of rotatable bonds is 5. The van der Waals surface area contributed by atoms with Gasteiger partial charge in [0.1, 0.15) is 17.2 Å². The molecule has 0 saturated heterocycles. The van der Waals surface area contributed by atoms with Crippen molar-refractivity contribution in [3.05, 3.63) is 46.8 Å². The van der Waals surface area contributed by atoms with E-state index in [1.165, 1.54) is 0 Å². The Morgan fingerprint density at radius 1 is 1.12 bits per heavy atom. The lowest BCUT2D eigenvalue weighted by atomic mass is 10.0. The molecule has 1 aliphatic rings. The SMILES string of the molecule is Cc1nnc2n1CCN(C(=O)C[C@@H](Cc1cc(F)c(F)cc1F)NC(=O)OC(C)(C)C)C2. The molecule has 0 saturated carbocycles. The number of carbonyl (C=O) groups is 2. The van der Waals surface area contributed by atoms with Gasteiger partial charge in [0.2, 0.25) is 5.91 Å². The molecule has 11 heteroatoms. The second-order valence-electron chi connectivity index (χ2n) is 8.74. The molecule has 2 amide bonds. The summed E-state index contributed by atoms with van der Waals surface area (Å²) < 4.78 is 48.3. The number of alkyl carbamates (subject to hydrolysis) is 1. The van der Waals surface area contributed by atoms with E-state index in [-0.39, 0.29) is 30.9 Å². The van der Waals surface area contributed by atoms with Crippen molar-refractivity contribution in [2.75, 3.05) is 6.54 Å². The molecule has 1 N–H and O–H groups in total. The molecule has 0 fully saturated rings. The highest BCUT2D eigenvalue weighted by Crippen LogP contribution is 2.19. The lowest BCUT2D eigenvalue weighted by Gasteiger charge is -2.30. The van der Waals surface area contributed by atoms with E-state index in [1.807, 2.05) is 11.5 Å². The lowest BCUT2D eigenvalue weighted by Crippen LogP contribution is -2.45. The highest BCUT2D eigenvalue weighted by molar-refractivity contribution is 5.78. The highest BCUT2D eigenvalue weighted by atomic mass is 19.2. The third kappa shape index (κ3) is 5.77. The molecule has 0 radical (unpaired) electrons. The number of carbonyl (C=O) groups excluding carboxylic acids is 2. The van der Waals surface area contributed by atoms with Crippen LogP contribution in [0.15, 0.2) is 12.1 Å². The number of ether oxygens (including phenoxy) is 1. The number of aromatic nitrogens is 3. The third-order valence-corrected chi connectivity index (χ3v) is 4.99. The summed E-state index contributed by atoms with van der Waals surface area (Å²) in [5, 5.41) is 10.6. The Bertz CT molecular complexity index is 1020. The summed E-state index contributed by atoms with van der Waals surface area (Å²) in [5.74, 6) is -2.40. The maximum absolute atomic E-state index is 14.2. The smallest absolute Gasteiger partial charge is 0.407 e. The zero-order valence-corrected chi connectivity index (χ0v) is 18.4. The Balaban J connectivity index is 1.75. The predicted octanol–water partition coefficient (Wildman–Crippen LogP) is 2.87. The van der Waals surface area contributed by atoms with Crippen molar-refractivity contribution in [2.24, 2.45) is 0 Å². The van der Waals surface area contributed by atoms with Crippen LogP contribution in [0.5, 0.6) is 0 Å². The average Bonchev–Trinajstić information content (AvgIpc) is 3.04. The van der Waals surface area contributed by atoms with Crippen LogP contribution in [0, 0.1) is 24.4 Å². The molecule has 0 spiro atoms. The number of hydrogen-bond acceptors (Lipinski definition) is 5. The molecule has 1 atom stereocenters. The van der Waals surface area contributed by atoms with E-state index in [0.717, 1.165) is 11.9 Å². The fraction of sp³-hybridized carbons (Fsp3) is 0.524. The fourth-order valence-corrected chi connectivity index (χ4v) is 3.49. The average molecular weight is 453 g/mol. The maximum Gasteiger partial charge on any atom is 0.407 e. The Kier molecular flexibility index (Phi) is 6.75. The van der Waals surface area contributed by atoms with Crippen molar-refractivity contribution in [3.8, 4) is 0 Å². The van der Waals surface area contributed by atoms with Gasteiger partial charge in [-0.1, -0.05) is 0 Å². The summed E-state index contributed by atoms with van der Waals surface area (Å²) in [7, 11) is 0. The fourth-order valence-electron chi connectivity index (χ4n) is 3.49. The molecule has 2 heterocycles. The standard InChI is InChI=1S/C21H26F3N5O3/c1-12-26-27-18-11-28(5-6-29(12)18)19(30)9-14(25-20(31)32-21(2,3)4)7-13-8-16(23)17(24)10-15(13)22/h8,10,14H,5-7,9,11H2,1-4H3,(H,25,31)/t14-/m1/s1. The van der Waals surface area contributed by atoms with Crippen molar-refractivity contribution in [1.29, 1.82) is 0 Å². The number of nitrogens with zero attached hydrogens (tertiary/aromatic N) is 4. The summed E-state index contributed by atoms with van der Waals surface area (Å²) in [5.41, 5.74) is -0.951. The van der Waals surface area contributed by atoms with E-state index in [4.69, 9.17) is 4.74 Å². The Hall–Kier alpha value is -3.11. The molecule has 32 heavy (non-hydrogen) atoms. The molecule has 0 aliphatic carbocycles. The van der Waals surface area contributed by atoms with Gasteiger partial charge in [0.15, 0.2) is 17.5 Å². The summed E-state index contributed by atoms with van der Waals surface area (Å²) in [6, 6.07) is 0.264.